The number of piperidine rings is 1. The van der Waals surface area contributed by atoms with Gasteiger partial charge in [0.15, 0.2) is 0 Å². The molecule has 33 heavy (non-hydrogen) atoms. The Morgan fingerprint density at radius 3 is 2.33 bits per heavy atom. The van der Waals surface area contributed by atoms with Gasteiger partial charge in [-0.2, -0.15) is 0 Å². The Balaban J connectivity index is 1.51. The Labute approximate surface area is 196 Å². The van der Waals surface area contributed by atoms with Crippen LogP contribution < -0.4 is 10.1 Å². The van der Waals surface area contributed by atoms with E-state index in [1.165, 1.54) is 7.11 Å². The van der Waals surface area contributed by atoms with Gasteiger partial charge >= 0.3 is 12.0 Å². The quantitative estimate of drug-likeness (QED) is 0.634. The van der Waals surface area contributed by atoms with Gasteiger partial charge in [0.05, 0.1) is 20.6 Å². The van der Waals surface area contributed by atoms with Crippen LogP contribution in [0, 0.1) is 11.3 Å². The highest BCUT2D eigenvalue weighted by Gasteiger charge is 2.43. The third-order valence-corrected chi connectivity index (χ3v) is 6.88. The first-order valence-corrected chi connectivity index (χ1v) is 11.8. The highest BCUT2D eigenvalue weighted by Crippen LogP contribution is 2.40. The molecule has 0 saturated carbocycles. The maximum absolute atomic E-state index is 12.8. The Kier molecular flexibility index (Phi) is 8.21. The highest BCUT2D eigenvalue weighted by molar-refractivity contribution is 5.83. The molecule has 1 unspecified atom stereocenters. The van der Waals surface area contributed by atoms with Gasteiger partial charge in [0.1, 0.15) is 11.8 Å². The van der Waals surface area contributed by atoms with Crippen LogP contribution in [0.4, 0.5) is 4.79 Å². The van der Waals surface area contributed by atoms with Gasteiger partial charge in [-0.1, -0.05) is 26.0 Å². The molecule has 3 rings (SSSR count). The SMILES string of the molecule is COC(=O)C(CC(C)C)NC(=O)N1CCC2(CCN(C(=O)Cc3cccc(OC)c3)CC2)C1. The predicted molar refractivity (Wildman–Crippen MR) is 125 cm³/mol. The van der Waals surface area contributed by atoms with Gasteiger partial charge in [0.2, 0.25) is 5.91 Å². The van der Waals surface area contributed by atoms with Crippen LogP contribution in [0.5, 0.6) is 5.75 Å². The molecule has 8 heteroatoms. The van der Waals surface area contributed by atoms with Crippen molar-refractivity contribution < 1.29 is 23.9 Å². The van der Waals surface area contributed by atoms with Gasteiger partial charge in [0.25, 0.3) is 0 Å². The van der Waals surface area contributed by atoms with Crippen molar-refractivity contribution in [1.29, 1.82) is 0 Å². The number of carbonyl (C=O) groups is 3. The van der Waals surface area contributed by atoms with Crippen molar-refractivity contribution in [3.8, 4) is 5.75 Å². The van der Waals surface area contributed by atoms with Crippen molar-refractivity contribution in [1.82, 2.24) is 15.1 Å². The number of hydrogen-bond donors (Lipinski definition) is 1. The minimum atomic E-state index is -0.630. The van der Waals surface area contributed by atoms with E-state index >= 15 is 0 Å². The van der Waals surface area contributed by atoms with Gasteiger partial charge < -0.3 is 24.6 Å². The Bertz CT molecular complexity index is 848. The van der Waals surface area contributed by atoms with Crippen LogP contribution in [0.15, 0.2) is 24.3 Å². The van der Waals surface area contributed by atoms with Crippen molar-refractivity contribution in [3.63, 3.8) is 0 Å². The van der Waals surface area contributed by atoms with Gasteiger partial charge in [-0.25, -0.2) is 9.59 Å². The fourth-order valence-electron chi connectivity index (χ4n) is 4.88. The standard InChI is InChI=1S/C25H37N3O5/c1-18(2)14-21(23(30)33-4)26-24(31)28-13-10-25(17-28)8-11-27(12-9-25)22(29)16-19-6-5-7-20(15-19)32-3/h5-7,15,18,21H,8-14,16-17H2,1-4H3,(H,26,31). The highest BCUT2D eigenvalue weighted by atomic mass is 16.5. The molecule has 0 aromatic heterocycles. The maximum Gasteiger partial charge on any atom is 0.328 e. The molecule has 2 heterocycles. The summed E-state index contributed by atoms with van der Waals surface area (Å²) in [6, 6.07) is 6.78. The van der Waals surface area contributed by atoms with Crippen LogP contribution >= 0.6 is 0 Å². The molecule has 3 amide bonds. The van der Waals surface area contributed by atoms with Gasteiger partial charge in [-0.15, -0.1) is 0 Å². The summed E-state index contributed by atoms with van der Waals surface area (Å²) in [6.07, 6.45) is 3.59. The molecule has 1 aromatic carbocycles. The summed E-state index contributed by atoms with van der Waals surface area (Å²) in [5, 5.41) is 2.86. The monoisotopic (exact) mass is 459 g/mol. The molecular formula is C25H37N3O5. The number of esters is 1. The van der Waals surface area contributed by atoms with Crippen LogP contribution in [0.2, 0.25) is 0 Å². The average Bonchev–Trinajstić information content (AvgIpc) is 3.21. The third kappa shape index (κ3) is 6.39. The lowest BCUT2D eigenvalue weighted by atomic mass is 9.77. The molecule has 2 aliphatic rings. The summed E-state index contributed by atoms with van der Waals surface area (Å²) in [4.78, 5) is 41.5. The predicted octanol–water partition coefficient (Wildman–Crippen LogP) is 2.85. The summed E-state index contributed by atoms with van der Waals surface area (Å²) in [7, 11) is 2.96. The van der Waals surface area contributed by atoms with Crippen LogP contribution in [-0.2, 0) is 20.7 Å². The zero-order valence-electron chi connectivity index (χ0n) is 20.3. The summed E-state index contributed by atoms with van der Waals surface area (Å²) in [5.41, 5.74) is 0.994. The Morgan fingerprint density at radius 1 is 1.06 bits per heavy atom. The zero-order chi connectivity index (χ0) is 24.0. The minimum Gasteiger partial charge on any atom is -0.497 e. The molecule has 2 saturated heterocycles. The van der Waals surface area contributed by atoms with Crippen LogP contribution in [0.25, 0.3) is 0 Å². The first-order chi connectivity index (χ1) is 15.7. The van der Waals surface area contributed by atoms with E-state index in [4.69, 9.17) is 9.47 Å². The summed E-state index contributed by atoms with van der Waals surface area (Å²) >= 11 is 0. The fourth-order valence-corrected chi connectivity index (χ4v) is 4.88. The molecule has 1 atom stereocenters. The number of nitrogens with zero attached hydrogens (tertiary/aromatic N) is 2. The van der Waals surface area contributed by atoms with Gasteiger partial charge in [-0.3, -0.25) is 4.79 Å². The number of likely N-dealkylation sites (tertiary alicyclic amines) is 2. The fraction of sp³-hybridized carbons (Fsp3) is 0.640. The van der Waals surface area contributed by atoms with E-state index in [1.807, 2.05) is 47.9 Å². The van der Waals surface area contributed by atoms with Gasteiger partial charge in [0, 0.05) is 26.2 Å². The molecular weight excluding hydrogens is 422 g/mol. The van der Waals surface area contributed by atoms with E-state index in [2.05, 4.69) is 5.32 Å². The molecule has 8 nitrogen and oxygen atoms in total. The van der Waals surface area contributed by atoms with Crippen LogP contribution in [0.1, 0.15) is 45.1 Å². The lowest BCUT2D eigenvalue weighted by molar-refractivity contribution is -0.143. The van der Waals surface area contributed by atoms with E-state index in [0.717, 1.165) is 30.6 Å². The van der Waals surface area contributed by atoms with Crippen LogP contribution in [0.3, 0.4) is 0 Å². The first kappa shape index (κ1) is 24.9. The van der Waals surface area contributed by atoms with Crippen molar-refractivity contribution in [3.05, 3.63) is 29.8 Å². The molecule has 2 fully saturated rings. The normalized spacial score (nSPS) is 18.3. The molecule has 0 aliphatic carbocycles. The van der Waals surface area contributed by atoms with Crippen molar-refractivity contribution >= 4 is 17.9 Å². The van der Waals surface area contributed by atoms with Crippen molar-refractivity contribution in [2.45, 2.75) is 52.0 Å². The van der Waals surface area contributed by atoms with Crippen molar-refractivity contribution in [2.75, 3.05) is 40.4 Å². The molecule has 182 valence electrons. The second-order valence-electron chi connectivity index (χ2n) is 9.74. The third-order valence-electron chi connectivity index (χ3n) is 6.88. The largest absolute Gasteiger partial charge is 0.497 e. The number of amides is 3. The Hall–Kier alpha value is -2.77. The molecule has 2 aliphatic heterocycles. The molecule has 1 spiro atoms. The molecule has 0 radical (unpaired) electrons. The minimum absolute atomic E-state index is 0.0445. The number of methoxy groups -OCH3 is 2. The van der Waals surface area contributed by atoms with E-state index in [9.17, 15) is 14.4 Å². The van der Waals surface area contributed by atoms with E-state index < -0.39 is 12.0 Å². The smallest absolute Gasteiger partial charge is 0.328 e. The number of benzene rings is 1. The number of urea groups is 1. The van der Waals surface area contributed by atoms with E-state index in [-0.39, 0.29) is 23.3 Å². The second-order valence-corrected chi connectivity index (χ2v) is 9.74. The zero-order valence-corrected chi connectivity index (χ0v) is 20.3. The summed E-state index contributed by atoms with van der Waals surface area (Å²) < 4.78 is 10.1. The number of hydrogen-bond acceptors (Lipinski definition) is 5. The molecule has 1 aromatic rings. The van der Waals surface area contributed by atoms with Crippen LogP contribution in [-0.4, -0.2) is 74.1 Å². The second kappa shape index (κ2) is 10.9. The number of nitrogens with one attached hydrogen (secondary N) is 1. The molecule has 0 bridgehead atoms. The number of carbonyl (C=O) groups excluding carboxylic acids is 3. The lowest BCUT2D eigenvalue weighted by Crippen LogP contribution is -2.49. The van der Waals surface area contributed by atoms with Gasteiger partial charge in [-0.05, 0) is 54.7 Å². The Morgan fingerprint density at radius 2 is 1.73 bits per heavy atom. The van der Waals surface area contributed by atoms with E-state index in [0.29, 0.717) is 39.0 Å². The summed E-state index contributed by atoms with van der Waals surface area (Å²) in [6.45, 7) is 6.75. The summed E-state index contributed by atoms with van der Waals surface area (Å²) in [5.74, 6) is 0.734. The molecule has 1 N–H and O–H groups in total. The topological polar surface area (TPSA) is 88.2 Å². The maximum atomic E-state index is 12.8. The number of ether oxygens (including phenoxy) is 2. The number of rotatable bonds is 7. The van der Waals surface area contributed by atoms with E-state index in [1.54, 1.807) is 7.11 Å². The lowest BCUT2D eigenvalue weighted by Gasteiger charge is -2.39. The van der Waals surface area contributed by atoms with Crippen molar-refractivity contribution in [2.24, 2.45) is 11.3 Å². The first-order valence-electron chi connectivity index (χ1n) is 11.8. The average molecular weight is 460 g/mol.